The summed E-state index contributed by atoms with van der Waals surface area (Å²) >= 11 is 12.2. The molecule has 3 aromatic rings. The van der Waals surface area contributed by atoms with Gasteiger partial charge in [-0.3, -0.25) is 9.59 Å². The van der Waals surface area contributed by atoms with Crippen LogP contribution in [0.25, 0.3) is 6.08 Å². The van der Waals surface area contributed by atoms with E-state index in [-0.39, 0.29) is 17.9 Å². The van der Waals surface area contributed by atoms with Gasteiger partial charge in [0.15, 0.2) is 6.61 Å². The molecule has 172 valence electrons. The van der Waals surface area contributed by atoms with Crippen molar-refractivity contribution in [1.29, 1.82) is 5.26 Å². The Morgan fingerprint density at radius 3 is 2.47 bits per heavy atom. The highest BCUT2D eigenvalue weighted by Gasteiger charge is 2.14. The molecule has 3 aromatic carbocycles. The fraction of sp³-hybridized carbons (Fsp3) is 0.115. The Labute approximate surface area is 207 Å². The van der Waals surface area contributed by atoms with E-state index in [0.29, 0.717) is 27.0 Å². The van der Waals surface area contributed by atoms with Gasteiger partial charge in [0.25, 0.3) is 11.8 Å². The fourth-order valence-electron chi connectivity index (χ4n) is 2.98. The number of nitrogens with one attached hydrogen (secondary N) is 2. The summed E-state index contributed by atoms with van der Waals surface area (Å²) in [6, 6.07) is 19.0. The lowest BCUT2D eigenvalue weighted by atomic mass is 10.1. The predicted molar refractivity (Wildman–Crippen MR) is 135 cm³/mol. The van der Waals surface area contributed by atoms with E-state index in [9.17, 15) is 14.9 Å². The van der Waals surface area contributed by atoms with Crippen LogP contribution >= 0.6 is 23.2 Å². The summed E-state index contributed by atoms with van der Waals surface area (Å²) < 4.78 is 5.65. The standard InChI is InChI=1S/C26H21Cl2N3O3/c1-16-7-9-21(13-22(16)28)30-25(32)15-34-24-10-8-20(27)12-18(24)11-19(14-29)26(33)31-23-6-4-3-5-17(23)2/h3-13H,15H2,1-2H3,(H,30,32)(H,31,33)/b19-11-. The molecule has 8 heteroatoms. The highest BCUT2D eigenvalue weighted by atomic mass is 35.5. The molecule has 2 amide bonds. The third kappa shape index (κ3) is 6.61. The maximum atomic E-state index is 12.7. The summed E-state index contributed by atoms with van der Waals surface area (Å²) in [5.41, 5.74) is 3.14. The second-order valence-electron chi connectivity index (χ2n) is 7.42. The van der Waals surface area contributed by atoms with Crippen molar-refractivity contribution in [1.82, 2.24) is 0 Å². The minimum absolute atomic E-state index is 0.144. The number of rotatable bonds is 7. The Morgan fingerprint density at radius 2 is 1.76 bits per heavy atom. The minimum Gasteiger partial charge on any atom is -0.483 e. The third-order valence-electron chi connectivity index (χ3n) is 4.84. The van der Waals surface area contributed by atoms with Gasteiger partial charge in [-0.25, -0.2) is 0 Å². The van der Waals surface area contributed by atoms with Crippen LogP contribution < -0.4 is 15.4 Å². The number of para-hydroxylation sites is 1. The van der Waals surface area contributed by atoms with Crippen molar-refractivity contribution in [3.05, 3.63) is 93.0 Å². The number of halogens is 2. The summed E-state index contributed by atoms with van der Waals surface area (Å²) in [6.45, 7) is 3.42. The molecule has 0 fully saturated rings. The monoisotopic (exact) mass is 493 g/mol. The van der Waals surface area contributed by atoms with Gasteiger partial charge >= 0.3 is 0 Å². The van der Waals surface area contributed by atoms with Crippen LogP contribution in [0.4, 0.5) is 11.4 Å². The van der Waals surface area contributed by atoms with Crippen LogP contribution in [0.15, 0.2) is 66.2 Å². The van der Waals surface area contributed by atoms with Crippen LogP contribution in [0.1, 0.15) is 16.7 Å². The molecule has 2 N–H and O–H groups in total. The number of amides is 2. The lowest BCUT2D eigenvalue weighted by molar-refractivity contribution is -0.118. The molecule has 0 saturated carbocycles. The number of carbonyl (C=O) groups is 2. The normalized spacial score (nSPS) is 10.9. The molecule has 0 aromatic heterocycles. The van der Waals surface area contributed by atoms with Crippen molar-refractivity contribution in [2.24, 2.45) is 0 Å². The van der Waals surface area contributed by atoms with Gasteiger partial charge in [-0.15, -0.1) is 0 Å². The molecule has 0 unspecified atom stereocenters. The first-order chi connectivity index (χ1) is 16.3. The highest BCUT2D eigenvalue weighted by molar-refractivity contribution is 6.31. The number of benzene rings is 3. The van der Waals surface area contributed by atoms with Crippen molar-refractivity contribution >= 4 is 52.5 Å². The molecule has 0 saturated heterocycles. The molecule has 0 radical (unpaired) electrons. The molecule has 0 aliphatic heterocycles. The predicted octanol–water partition coefficient (Wildman–Crippen LogP) is 6.17. The van der Waals surface area contributed by atoms with E-state index in [0.717, 1.165) is 11.1 Å². The summed E-state index contributed by atoms with van der Waals surface area (Å²) in [5, 5.41) is 15.9. The van der Waals surface area contributed by atoms with Crippen molar-refractivity contribution in [3.63, 3.8) is 0 Å². The van der Waals surface area contributed by atoms with Crippen LogP contribution in [-0.4, -0.2) is 18.4 Å². The van der Waals surface area contributed by atoms with Crippen molar-refractivity contribution in [2.75, 3.05) is 17.2 Å². The lowest BCUT2D eigenvalue weighted by Crippen LogP contribution is -2.20. The Kier molecular flexibility index (Phi) is 8.31. The van der Waals surface area contributed by atoms with Crippen LogP contribution in [0, 0.1) is 25.2 Å². The number of nitriles is 1. The van der Waals surface area contributed by atoms with Crippen LogP contribution in [0.5, 0.6) is 5.75 Å². The molecule has 0 bridgehead atoms. The number of carbonyl (C=O) groups excluding carboxylic acids is 2. The van der Waals surface area contributed by atoms with Gasteiger partial charge in [0.05, 0.1) is 0 Å². The molecule has 0 heterocycles. The molecule has 0 aliphatic carbocycles. The molecular weight excluding hydrogens is 473 g/mol. The largest absolute Gasteiger partial charge is 0.483 e. The van der Waals surface area contributed by atoms with Gasteiger partial charge in [0, 0.05) is 27.0 Å². The quantitative estimate of drug-likeness (QED) is 0.304. The summed E-state index contributed by atoms with van der Waals surface area (Å²) in [6.07, 6.45) is 1.37. The van der Waals surface area contributed by atoms with Gasteiger partial charge < -0.3 is 15.4 Å². The van der Waals surface area contributed by atoms with Gasteiger partial charge in [-0.2, -0.15) is 5.26 Å². The zero-order valence-electron chi connectivity index (χ0n) is 18.5. The van der Waals surface area contributed by atoms with E-state index in [1.807, 2.05) is 32.0 Å². The number of aryl methyl sites for hydroxylation is 2. The fourth-order valence-corrected chi connectivity index (χ4v) is 3.34. The maximum Gasteiger partial charge on any atom is 0.266 e. The Bertz CT molecular complexity index is 1310. The second kappa shape index (κ2) is 11.4. The van der Waals surface area contributed by atoms with E-state index in [1.165, 1.54) is 6.08 Å². The summed E-state index contributed by atoms with van der Waals surface area (Å²) in [5.74, 6) is -0.683. The first-order valence-corrected chi connectivity index (χ1v) is 11.0. The number of anilines is 2. The molecule has 6 nitrogen and oxygen atoms in total. The molecule has 0 atom stereocenters. The van der Waals surface area contributed by atoms with Crippen LogP contribution in [0.2, 0.25) is 10.0 Å². The maximum absolute atomic E-state index is 12.7. The molecule has 0 spiro atoms. The second-order valence-corrected chi connectivity index (χ2v) is 8.27. The van der Waals surface area contributed by atoms with E-state index >= 15 is 0 Å². The zero-order valence-corrected chi connectivity index (χ0v) is 20.0. The number of nitrogens with zero attached hydrogens (tertiary/aromatic N) is 1. The summed E-state index contributed by atoms with van der Waals surface area (Å²) in [4.78, 5) is 25.0. The molecule has 34 heavy (non-hydrogen) atoms. The van der Waals surface area contributed by atoms with Gasteiger partial charge in [-0.05, 0) is 67.4 Å². The van der Waals surface area contributed by atoms with E-state index in [4.69, 9.17) is 27.9 Å². The van der Waals surface area contributed by atoms with Crippen LogP contribution in [0.3, 0.4) is 0 Å². The van der Waals surface area contributed by atoms with Gasteiger partial charge in [-0.1, -0.05) is 47.5 Å². The molecule has 3 rings (SSSR count). The van der Waals surface area contributed by atoms with Crippen LogP contribution in [-0.2, 0) is 9.59 Å². The van der Waals surface area contributed by atoms with Crippen molar-refractivity contribution in [2.45, 2.75) is 13.8 Å². The van der Waals surface area contributed by atoms with Gasteiger partial charge in [0.2, 0.25) is 0 Å². The Morgan fingerprint density at radius 1 is 1.00 bits per heavy atom. The first kappa shape index (κ1) is 24.8. The average molecular weight is 494 g/mol. The lowest BCUT2D eigenvalue weighted by Gasteiger charge is -2.12. The van der Waals surface area contributed by atoms with Gasteiger partial charge in [0.1, 0.15) is 17.4 Å². The van der Waals surface area contributed by atoms with Crippen molar-refractivity contribution < 1.29 is 14.3 Å². The number of hydrogen-bond acceptors (Lipinski definition) is 4. The molecular formula is C26H21Cl2N3O3. The van der Waals surface area contributed by atoms with E-state index < -0.39 is 11.8 Å². The Balaban J connectivity index is 1.75. The SMILES string of the molecule is Cc1ccc(NC(=O)COc2ccc(Cl)cc2/C=C(/C#N)C(=O)Nc2ccccc2C)cc1Cl. The summed E-state index contributed by atoms with van der Waals surface area (Å²) in [7, 11) is 0. The minimum atomic E-state index is -0.572. The smallest absolute Gasteiger partial charge is 0.266 e. The average Bonchev–Trinajstić information content (AvgIpc) is 2.80. The number of ether oxygens (including phenoxy) is 1. The Hall–Kier alpha value is -3.79. The van der Waals surface area contributed by atoms with Crippen molar-refractivity contribution in [3.8, 4) is 11.8 Å². The third-order valence-corrected chi connectivity index (χ3v) is 5.49. The zero-order chi connectivity index (χ0) is 24.7. The topological polar surface area (TPSA) is 91.2 Å². The first-order valence-electron chi connectivity index (χ1n) is 10.2. The van der Waals surface area contributed by atoms with E-state index in [2.05, 4.69) is 10.6 Å². The molecule has 0 aliphatic rings. The number of hydrogen-bond donors (Lipinski definition) is 2. The highest BCUT2D eigenvalue weighted by Crippen LogP contribution is 2.26. The van der Waals surface area contributed by atoms with E-state index in [1.54, 1.807) is 48.5 Å².